The van der Waals surface area contributed by atoms with E-state index in [0.717, 1.165) is 21.7 Å². The third-order valence-electron chi connectivity index (χ3n) is 7.15. The molecule has 0 unspecified atom stereocenters. The molecule has 8 nitrogen and oxygen atoms in total. The number of carbonyl (C=O) groups is 2. The monoisotopic (exact) mass is 617 g/mol. The zero-order valence-corrected chi connectivity index (χ0v) is 25.5. The summed E-state index contributed by atoms with van der Waals surface area (Å²) in [6.45, 7) is -0.319. The van der Waals surface area contributed by atoms with Crippen LogP contribution in [0.3, 0.4) is 0 Å². The molecule has 4 aromatic carbocycles. The summed E-state index contributed by atoms with van der Waals surface area (Å²) >= 11 is 0. The van der Waals surface area contributed by atoms with Gasteiger partial charge in [-0.05, 0) is 46.5 Å². The molecule has 0 fully saturated rings. The second kappa shape index (κ2) is 15.3. The van der Waals surface area contributed by atoms with E-state index in [4.69, 9.17) is 4.74 Å². The molecule has 44 heavy (non-hydrogen) atoms. The van der Waals surface area contributed by atoms with Gasteiger partial charge in [0.2, 0.25) is 21.8 Å². The fourth-order valence-electron chi connectivity index (χ4n) is 4.71. The molecular formula is C34H36FN3O5S. The molecule has 10 heteroatoms. The number of nitrogens with zero attached hydrogens (tertiary/aromatic N) is 2. The number of ether oxygens (including phenoxy) is 1. The van der Waals surface area contributed by atoms with Crippen molar-refractivity contribution in [3.05, 3.63) is 137 Å². The molecule has 1 N–H and O–H groups in total. The largest absolute Gasteiger partial charge is 0.497 e. The lowest BCUT2D eigenvalue weighted by Gasteiger charge is -2.33. The first kappa shape index (κ1) is 32.4. The molecule has 0 aromatic heterocycles. The lowest BCUT2D eigenvalue weighted by atomic mass is 10.0. The summed E-state index contributed by atoms with van der Waals surface area (Å²) in [5.74, 6) is -0.717. The molecule has 0 bridgehead atoms. The smallest absolute Gasteiger partial charge is 0.243 e. The van der Waals surface area contributed by atoms with Crippen LogP contribution in [0, 0.1) is 5.82 Å². The van der Waals surface area contributed by atoms with Crippen molar-refractivity contribution in [3.63, 3.8) is 0 Å². The van der Waals surface area contributed by atoms with Crippen LogP contribution in [-0.2, 0) is 45.7 Å². The first-order chi connectivity index (χ1) is 21.1. The fourth-order valence-corrected chi connectivity index (χ4v) is 5.44. The Morgan fingerprint density at radius 2 is 1.32 bits per heavy atom. The number of nitrogens with one attached hydrogen (secondary N) is 1. The van der Waals surface area contributed by atoms with Gasteiger partial charge in [0.15, 0.2) is 0 Å². The van der Waals surface area contributed by atoms with Gasteiger partial charge in [0.05, 0.1) is 19.9 Å². The van der Waals surface area contributed by atoms with Crippen molar-refractivity contribution in [1.82, 2.24) is 14.5 Å². The number of benzene rings is 4. The van der Waals surface area contributed by atoms with Gasteiger partial charge < -0.3 is 15.0 Å². The Labute approximate surface area is 258 Å². The third kappa shape index (κ3) is 9.48. The molecule has 230 valence electrons. The van der Waals surface area contributed by atoms with Crippen LogP contribution in [0.4, 0.5) is 4.39 Å². The quantitative estimate of drug-likeness (QED) is 0.224. The highest BCUT2D eigenvalue weighted by Gasteiger charge is 2.33. The normalized spacial score (nSPS) is 12.0. The first-order valence-corrected chi connectivity index (χ1v) is 15.9. The molecule has 0 aliphatic rings. The maximum Gasteiger partial charge on any atom is 0.243 e. The van der Waals surface area contributed by atoms with Crippen LogP contribution in [0.15, 0.2) is 109 Å². The Balaban J connectivity index is 1.66. The average molecular weight is 618 g/mol. The first-order valence-electron chi connectivity index (χ1n) is 14.1. The van der Waals surface area contributed by atoms with Crippen molar-refractivity contribution in [1.29, 1.82) is 0 Å². The van der Waals surface area contributed by atoms with Gasteiger partial charge in [-0.15, -0.1) is 0 Å². The number of amides is 2. The van der Waals surface area contributed by atoms with Gasteiger partial charge >= 0.3 is 0 Å². The van der Waals surface area contributed by atoms with E-state index in [-0.39, 0.29) is 26.1 Å². The van der Waals surface area contributed by atoms with Crippen molar-refractivity contribution >= 4 is 21.8 Å². The third-order valence-corrected chi connectivity index (χ3v) is 8.34. The SMILES string of the molecule is COc1ccc(CNC(=O)[C@H](Cc2ccccc2)N(Cc2ccc(F)cc2)C(=O)CN(Cc2ccccc2)S(C)(=O)=O)cc1. The van der Waals surface area contributed by atoms with Gasteiger partial charge in [-0.1, -0.05) is 84.9 Å². The Morgan fingerprint density at radius 3 is 1.89 bits per heavy atom. The minimum Gasteiger partial charge on any atom is -0.497 e. The summed E-state index contributed by atoms with van der Waals surface area (Å²) in [5.41, 5.74) is 2.96. The maximum atomic E-state index is 14.1. The van der Waals surface area contributed by atoms with Crippen LogP contribution in [0.25, 0.3) is 0 Å². The Morgan fingerprint density at radius 1 is 0.773 bits per heavy atom. The number of methoxy groups -OCH3 is 1. The van der Waals surface area contributed by atoms with Gasteiger partial charge in [0.25, 0.3) is 0 Å². The topological polar surface area (TPSA) is 96.0 Å². The summed E-state index contributed by atoms with van der Waals surface area (Å²) < 4.78 is 45.7. The van der Waals surface area contributed by atoms with E-state index in [0.29, 0.717) is 16.9 Å². The number of hydrogen-bond acceptors (Lipinski definition) is 5. The molecule has 0 heterocycles. The van der Waals surface area contributed by atoms with E-state index < -0.39 is 40.2 Å². The Kier molecular flexibility index (Phi) is 11.2. The zero-order chi connectivity index (χ0) is 31.5. The standard InChI is InChI=1S/C34H36FN3O5S/c1-43-31-19-15-27(16-20-31)22-36-34(40)32(21-26-9-5-3-6-10-26)38(24-29-13-17-30(35)18-14-29)33(39)25-37(44(2,41)42)23-28-11-7-4-8-12-28/h3-20,32H,21-25H2,1-2H3,(H,36,40)/t32-/m0/s1. The number of rotatable bonds is 14. The number of carbonyl (C=O) groups excluding carboxylic acids is 2. The van der Waals surface area contributed by atoms with E-state index in [1.807, 2.05) is 48.5 Å². The van der Waals surface area contributed by atoms with Crippen LogP contribution in [0.2, 0.25) is 0 Å². The lowest BCUT2D eigenvalue weighted by Crippen LogP contribution is -2.53. The molecule has 1 atom stereocenters. The zero-order valence-electron chi connectivity index (χ0n) is 24.7. The summed E-state index contributed by atoms with van der Waals surface area (Å²) in [6.07, 6.45) is 1.23. The molecule has 4 aromatic rings. The van der Waals surface area contributed by atoms with Gasteiger partial charge in [-0.25, -0.2) is 12.8 Å². The average Bonchev–Trinajstić information content (AvgIpc) is 3.03. The van der Waals surface area contributed by atoms with Crippen LogP contribution >= 0.6 is 0 Å². The summed E-state index contributed by atoms with van der Waals surface area (Å²) in [6, 6.07) is 30.2. The van der Waals surface area contributed by atoms with Crippen molar-refractivity contribution in [2.45, 2.75) is 32.1 Å². The minimum atomic E-state index is -3.80. The Bertz CT molecular complexity index is 1620. The van der Waals surface area contributed by atoms with E-state index in [1.165, 1.54) is 17.0 Å². The molecular weight excluding hydrogens is 581 g/mol. The van der Waals surface area contributed by atoms with Crippen molar-refractivity contribution in [2.75, 3.05) is 19.9 Å². The van der Waals surface area contributed by atoms with E-state index in [9.17, 15) is 22.4 Å². The van der Waals surface area contributed by atoms with Crippen molar-refractivity contribution < 1.29 is 27.1 Å². The van der Waals surface area contributed by atoms with E-state index >= 15 is 0 Å². The Hall–Kier alpha value is -4.54. The van der Waals surface area contributed by atoms with Crippen LogP contribution in [0.5, 0.6) is 5.75 Å². The van der Waals surface area contributed by atoms with E-state index in [1.54, 1.807) is 55.6 Å². The molecule has 4 rings (SSSR count). The second-order valence-electron chi connectivity index (χ2n) is 10.4. The molecule has 0 aliphatic heterocycles. The summed E-state index contributed by atoms with van der Waals surface area (Å²) in [7, 11) is -2.23. The molecule has 0 aliphatic carbocycles. The summed E-state index contributed by atoms with van der Waals surface area (Å²) in [5, 5.41) is 2.94. The summed E-state index contributed by atoms with van der Waals surface area (Å²) in [4.78, 5) is 29.4. The van der Waals surface area contributed by atoms with Gasteiger partial charge in [-0.3, -0.25) is 9.59 Å². The van der Waals surface area contributed by atoms with Crippen molar-refractivity contribution in [3.8, 4) is 5.75 Å². The molecule has 0 saturated heterocycles. The molecule has 0 radical (unpaired) electrons. The molecule has 0 saturated carbocycles. The van der Waals surface area contributed by atoms with Crippen LogP contribution in [0.1, 0.15) is 22.3 Å². The van der Waals surface area contributed by atoms with Crippen LogP contribution in [-0.4, -0.2) is 55.4 Å². The predicted molar refractivity (Wildman–Crippen MR) is 167 cm³/mol. The highest BCUT2D eigenvalue weighted by Crippen LogP contribution is 2.18. The number of halogens is 1. The molecule has 2 amide bonds. The molecule has 0 spiro atoms. The highest BCUT2D eigenvalue weighted by molar-refractivity contribution is 7.88. The number of hydrogen-bond donors (Lipinski definition) is 1. The highest BCUT2D eigenvalue weighted by atomic mass is 32.2. The van der Waals surface area contributed by atoms with Gasteiger partial charge in [0, 0.05) is 26.1 Å². The maximum absolute atomic E-state index is 14.1. The fraction of sp³-hybridized carbons (Fsp3) is 0.235. The predicted octanol–water partition coefficient (Wildman–Crippen LogP) is 4.55. The minimum absolute atomic E-state index is 0.0111. The van der Waals surface area contributed by atoms with Gasteiger partial charge in [-0.2, -0.15) is 4.31 Å². The van der Waals surface area contributed by atoms with Gasteiger partial charge in [0.1, 0.15) is 17.6 Å². The van der Waals surface area contributed by atoms with Crippen molar-refractivity contribution in [2.24, 2.45) is 0 Å². The lowest BCUT2D eigenvalue weighted by molar-refractivity contribution is -0.141. The number of sulfonamides is 1. The van der Waals surface area contributed by atoms with Crippen LogP contribution < -0.4 is 10.1 Å². The second-order valence-corrected chi connectivity index (χ2v) is 12.4. The van der Waals surface area contributed by atoms with E-state index in [2.05, 4.69) is 5.32 Å².